The minimum atomic E-state index is -0.551. The Hall–Kier alpha value is -2.92. The molecule has 3 rings (SSSR count). The summed E-state index contributed by atoms with van der Waals surface area (Å²) in [6.45, 7) is 2.10. The highest BCUT2D eigenvalue weighted by Crippen LogP contribution is 2.24. The molecule has 5 nitrogen and oxygen atoms in total. The number of nitrogens with one attached hydrogen (secondary N) is 2. The van der Waals surface area contributed by atoms with Crippen LogP contribution in [0, 0.1) is 0 Å². The molecule has 5 heteroatoms. The second-order valence-corrected chi connectivity index (χ2v) is 5.34. The lowest BCUT2D eigenvalue weighted by atomic mass is 9.99. The number of benzene rings is 2. The summed E-state index contributed by atoms with van der Waals surface area (Å²) < 4.78 is 0. The molecule has 23 heavy (non-hydrogen) atoms. The number of imidazole rings is 1. The molecule has 1 aromatic heterocycles. The first-order valence-corrected chi connectivity index (χ1v) is 7.34. The van der Waals surface area contributed by atoms with Crippen LogP contribution in [-0.2, 0) is 4.79 Å². The highest BCUT2D eigenvalue weighted by Gasteiger charge is 2.12. The second-order valence-electron chi connectivity index (χ2n) is 5.34. The van der Waals surface area contributed by atoms with E-state index in [1.165, 1.54) is 6.08 Å². The van der Waals surface area contributed by atoms with Gasteiger partial charge in [0.2, 0.25) is 0 Å². The van der Waals surface area contributed by atoms with E-state index in [1.54, 1.807) is 11.6 Å². The van der Waals surface area contributed by atoms with Crippen LogP contribution in [0.5, 0.6) is 0 Å². The Morgan fingerprint density at radius 1 is 1.22 bits per heavy atom. The van der Waals surface area contributed by atoms with Crippen LogP contribution in [0.3, 0.4) is 0 Å². The monoisotopic (exact) mass is 307 g/mol. The maximum Gasteiger partial charge on any atom is 0.267 e. The van der Waals surface area contributed by atoms with Crippen molar-refractivity contribution in [2.45, 2.75) is 12.8 Å². The fraction of sp³-hybridized carbons (Fsp3) is 0.111. The van der Waals surface area contributed by atoms with Crippen LogP contribution < -0.4 is 5.48 Å². The molecule has 2 aromatic carbocycles. The lowest BCUT2D eigenvalue weighted by molar-refractivity contribution is -0.124. The van der Waals surface area contributed by atoms with Crippen molar-refractivity contribution in [1.29, 1.82) is 0 Å². The third kappa shape index (κ3) is 3.30. The number of fused-ring (bicyclic) bond motifs is 1. The molecule has 0 aliphatic rings. The fourth-order valence-electron chi connectivity index (χ4n) is 2.44. The normalized spacial score (nSPS) is 12.6. The van der Waals surface area contributed by atoms with Crippen molar-refractivity contribution in [2.75, 3.05) is 0 Å². The number of hydroxylamine groups is 1. The molecular formula is C18H17N3O2. The van der Waals surface area contributed by atoms with Gasteiger partial charge in [-0.25, -0.2) is 10.5 Å². The number of hydrogen-bond acceptors (Lipinski definition) is 3. The van der Waals surface area contributed by atoms with Crippen molar-refractivity contribution >= 4 is 23.0 Å². The van der Waals surface area contributed by atoms with Crippen molar-refractivity contribution < 1.29 is 10.0 Å². The molecule has 0 unspecified atom stereocenters. The van der Waals surface area contributed by atoms with Gasteiger partial charge in [-0.1, -0.05) is 43.3 Å². The maximum atomic E-state index is 11.0. The Kier molecular flexibility index (Phi) is 4.21. The topological polar surface area (TPSA) is 78.0 Å². The summed E-state index contributed by atoms with van der Waals surface area (Å²) in [5.41, 5.74) is 5.57. The summed E-state index contributed by atoms with van der Waals surface area (Å²) in [5, 5.41) is 8.45. The zero-order valence-electron chi connectivity index (χ0n) is 12.7. The Bertz CT molecular complexity index is 817. The number of carbonyl (C=O) groups excluding carboxylic acids is 1. The molecule has 3 N–H and O–H groups in total. The number of carbonyl (C=O) groups is 1. The van der Waals surface area contributed by atoms with Gasteiger partial charge in [0.1, 0.15) is 5.82 Å². The predicted molar refractivity (Wildman–Crippen MR) is 89.0 cm³/mol. The molecule has 0 saturated carbocycles. The van der Waals surface area contributed by atoms with Gasteiger partial charge in [0, 0.05) is 12.0 Å². The van der Waals surface area contributed by atoms with E-state index >= 15 is 0 Å². The number of para-hydroxylation sites is 2. The van der Waals surface area contributed by atoms with Crippen molar-refractivity contribution in [1.82, 2.24) is 15.4 Å². The molecule has 116 valence electrons. The lowest BCUT2D eigenvalue weighted by Crippen LogP contribution is -2.14. The van der Waals surface area contributed by atoms with E-state index in [0.717, 1.165) is 28.0 Å². The largest absolute Gasteiger partial charge is 0.341 e. The Labute approximate surface area is 133 Å². The van der Waals surface area contributed by atoms with E-state index < -0.39 is 5.91 Å². The van der Waals surface area contributed by atoms with E-state index in [4.69, 9.17) is 5.21 Å². The van der Waals surface area contributed by atoms with Crippen molar-refractivity contribution in [3.63, 3.8) is 0 Å². The van der Waals surface area contributed by atoms with Gasteiger partial charge in [-0.2, -0.15) is 0 Å². The van der Waals surface area contributed by atoms with Crippen molar-refractivity contribution in [3.8, 4) is 0 Å². The number of amides is 1. The molecule has 0 radical (unpaired) electrons. The predicted octanol–water partition coefficient (Wildman–Crippen LogP) is 3.23. The number of nitrogens with zero attached hydrogens (tertiary/aromatic N) is 1. The van der Waals surface area contributed by atoms with Crippen molar-refractivity contribution in [2.24, 2.45) is 0 Å². The summed E-state index contributed by atoms with van der Waals surface area (Å²) in [7, 11) is 0. The molecule has 0 saturated heterocycles. The van der Waals surface area contributed by atoms with Crippen LogP contribution in [-0.4, -0.2) is 21.1 Å². The Balaban J connectivity index is 1.80. The number of aromatic nitrogens is 2. The smallest absolute Gasteiger partial charge is 0.267 e. The quantitative estimate of drug-likeness (QED) is 0.393. The van der Waals surface area contributed by atoms with Gasteiger partial charge in [0.25, 0.3) is 5.91 Å². The molecule has 0 bridgehead atoms. The molecule has 1 amide bonds. The van der Waals surface area contributed by atoms with Gasteiger partial charge in [-0.05, 0) is 29.3 Å². The Morgan fingerprint density at radius 2 is 1.96 bits per heavy atom. The van der Waals surface area contributed by atoms with Gasteiger partial charge in [-0.15, -0.1) is 0 Å². The number of H-pyrrole nitrogens is 1. The summed E-state index contributed by atoms with van der Waals surface area (Å²) in [6.07, 6.45) is 2.92. The summed E-state index contributed by atoms with van der Waals surface area (Å²) in [4.78, 5) is 19.0. The van der Waals surface area contributed by atoms with E-state index in [-0.39, 0.29) is 5.92 Å². The van der Waals surface area contributed by atoms with Gasteiger partial charge in [-0.3, -0.25) is 10.0 Å². The lowest BCUT2D eigenvalue weighted by Gasteiger charge is -2.09. The molecule has 0 aliphatic heterocycles. The molecule has 0 fully saturated rings. The summed E-state index contributed by atoms with van der Waals surface area (Å²) in [5.74, 6) is 0.514. The van der Waals surface area contributed by atoms with E-state index in [0.29, 0.717) is 0 Å². The fourth-order valence-corrected chi connectivity index (χ4v) is 2.44. The molecule has 3 aromatic rings. The van der Waals surface area contributed by atoms with E-state index in [1.807, 2.05) is 48.5 Å². The first kappa shape index (κ1) is 15.0. The molecule has 0 aliphatic carbocycles. The van der Waals surface area contributed by atoms with Gasteiger partial charge in [0.15, 0.2) is 0 Å². The third-order valence-corrected chi connectivity index (χ3v) is 3.79. The minimum absolute atomic E-state index is 0.140. The standard InChI is InChI=1S/C18H17N3O2/c1-12(18-19-15-4-2-3-5-16(15)20-18)14-9-6-13(7-10-14)8-11-17(22)21-23/h2-12,23H,1H3,(H,19,20)(H,21,22)/t12-/m0/s1. The minimum Gasteiger partial charge on any atom is -0.341 e. The van der Waals surface area contributed by atoms with Crippen LogP contribution in [0.25, 0.3) is 17.1 Å². The zero-order chi connectivity index (χ0) is 16.2. The first-order chi connectivity index (χ1) is 11.2. The molecule has 1 atom stereocenters. The highest BCUT2D eigenvalue weighted by molar-refractivity contribution is 5.90. The number of rotatable bonds is 4. The SMILES string of the molecule is C[C@@H](c1ccc(C=CC(=O)NO)cc1)c1nc2ccccc2[nH]1. The maximum absolute atomic E-state index is 11.0. The second kappa shape index (κ2) is 6.46. The van der Waals surface area contributed by atoms with Gasteiger partial charge >= 0.3 is 0 Å². The first-order valence-electron chi connectivity index (χ1n) is 7.34. The third-order valence-electron chi connectivity index (χ3n) is 3.79. The number of aromatic amines is 1. The number of hydrogen-bond donors (Lipinski definition) is 3. The van der Waals surface area contributed by atoms with Gasteiger partial charge in [0.05, 0.1) is 11.0 Å². The molecule has 0 spiro atoms. The summed E-state index contributed by atoms with van der Waals surface area (Å²) >= 11 is 0. The van der Waals surface area contributed by atoms with Crippen LogP contribution in [0.2, 0.25) is 0 Å². The molecule has 1 heterocycles. The van der Waals surface area contributed by atoms with E-state index in [2.05, 4.69) is 16.9 Å². The van der Waals surface area contributed by atoms with Crippen LogP contribution in [0.4, 0.5) is 0 Å². The zero-order valence-corrected chi connectivity index (χ0v) is 12.7. The summed E-state index contributed by atoms with van der Waals surface area (Å²) in [6, 6.07) is 15.8. The van der Waals surface area contributed by atoms with Crippen LogP contribution in [0.15, 0.2) is 54.6 Å². The van der Waals surface area contributed by atoms with Crippen molar-refractivity contribution in [3.05, 3.63) is 71.6 Å². The molecular weight excluding hydrogens is 290 g/mol. The average molecular weight is 307 g/mol. The average Bonchev–Trinajstić information content (AvgIpc) is 3.03. The van der Waals surface area contributed by atoms with E-state index in [9.17, 15) is 4.79 Å². The highest BCUT2D eigenvalue weighted by atomic mass is 16.5. The van der Waals surface area contributed by atoms with Crippen LogP contribution >= 0.6 is 0 Å². The Morgan fingerprint density at radius 3 is 2.65 bits per heavy atom. The van der Waals surface area contributed by atoms with Gasteiger partial charge < -0.3 is 4.98 Å². The van der Waals surface area contributed by atoms with Crippen LogP contribution in [0.1, 0.15) is 29.8 Å².